The van der Waals surface area contributed by atoms with E-state index < -0.39 is 42.6 Å². The van der Waals surface area contributed by atoms with Crippen LogP contribution in [0.5, 0.6) is 0 Å². The standard InChI is InChI=1S/C18H34O7/c1-3-5-7-8-9-10-12(19)13(20)17-15(22)14(21)16(23)18(25-17)24-11-6-4-2/h12,14-19,21-23H,3-11H2,1-2H3/t12?,14-,15-,16+,17+,18?/m0/s1. The Morgan fingerprint density at radius 3 is 2.24 bits per heavy atom. The molecule has 0 radical (unpaired) electrons. The van der Waals surface area contributed by atoms with Crippen molar-refractivity contribution in [3.63, 3.8) is 0 Å². The van der Waals surface area contributed by atoms with Gasteiger partial charge in [0, 0.05) is 6.61 Å². The zero-order chi connectivity index (χ0) is 18.8. The summed E-state index contributed by atoms with van der Waals surface area (Å²) in [5, 5.41) is 40.0. The topological polar surface area (TPSA) is 116 Å². The normalized spacial score (nSPS) is 31.0. The summed E-state index contributed by atoms with van der Waals surface area (Å²) in [5.41, 5.74) is 0. The number of carbonyl (C=O) groups is 1. The molecule has 0 aromatic rings. The number of carbonyl (C=O) groups excluding carboxylic acids is 1. The van der Waals surface area contributed by atoms with Gasteiger partial charge in [0.15, 0.2) is 18.2 Å². The van der Waals surface area contributed by atoms with E-state index in [9.17, 15) is 25.2 Å². The zero-order valence-corrected chi connectivity index (χ0v) is 15.3. The first kappa shape index (κ1) is 22.5. The van der Waals surface area contributed by atoms with Gasteiger partial charge in [-0.3, -0.25) is 4.79 Å². The molecule has 25 heavy (non-hydrogen) atoms. The summed E-state index contributed by atoms with van der Waals surface area (Å²) in [4.78, 5) is 12.4. The molecule has 2 unspecified atom stereocenters. The number of aliphatic hydroxyl groups excluding tert-OH is 4. The molecule has 1 aliphatic rings. The number of ketones is 1. The van der Waals surface area contributed by atoms with E-state index in [2.05, 4.69) is 6.92 Å². The molecule has 1 aliphatic heterocycles. The van der Waals surface area contributed by atoms with Gasteiger partial charge in [-0.05, 0) is 12.8 Å². The lowest BCUT2D eigenvalue weighted by Gasteiger charge is -2.40. The van der Waals surface area contributed by atoms with Gasteiger partial charge in [-0.2, -0.15) is 0 Å². The monoisotopic (exact) mass is 362 g/mol. The summed E-state index contributed by atoms with van der Waals surface area (Å²) >= 11 is 0. The summed E-state index contributed by atoms with van der Waals surface area (Å²) in [6.45, 7) is 4.39. The van der Waals surface area contributed by atoms with E-state index in [1.807, 2.05) is 6.92 Å². The van der Waals surface area contributed by atoms with E-state index in [4.69, 9.17) is 9.47 Å². The third kappa shape index (κ3) is 6.92. The van der Waals surface area contributed by atoms with Gasteiger partial charge >= 0.3 is 0 Å². The molecule has 1 rings (SSSR count). The highest BCUT2D eigenvalue weighted by atomic mass is 16.7. The predicted octanol–water partition coefficient (Wildman–Crippen LogP) is 0.901. The Morgan fingerprint density at radius 1 is 0.960 bits per heavy atom. The van der Waals surface area contributed by atoms with Crippen LogP contribution in [0.15, 0.2) is 0 Å². The second kappa shape index (κ2) is 11.9. The Morgan fingerprint density at radius 2 is 1.60 bits per heavy atom. The Labute approximate surface area is 150 Å². The van der Waals surface area contributed by atoms with Crippen molar-refractivity contribution in [2.75, 3.05) is 6.61 Å². The molecular formula is C18H34O7. The van der Waals surface area contributed by atoms with Gasteiger partial charge in [0.2, 0.25) is 0 Å². The molecule has 0 saturated carbocycles. The number of unbranched alkanes of at least 4 members (excludes halogenated alkanes) is 5. The Balaban J connectivity index is 2.55. The fraction of sp³-hybridized carbons (Fsp3) is 0.944. The smallest absolute Gasteiger partial charge is 0.192 e. The summed E-state index contributed by atoms with van der Waals surface area (Å²) < 4.78 is 10.7. The van der Waals surface area contributed by atoms with Crippen molar-refractivity contribution in [3.8, 4) is 0 Å². The number of Topliss-reactive ketones (excluding diaryl/α,β-unsaturated/α-hetero) is 1. The van der Waals surface area contributed by atoms with E-state index in [0.29, 0.717) is 13.0 Å². The quantitative estimate of drug-likeness (QED) is 0.381. The van der Waals surface area contributed by atoms with Crippen molar-refractivity contribution in [2.45, 2.75) is 102 Å². The molecular weight excluding hydrogens is 328 g/mol. The van der Waals surface area contributed by atoms with Crippen LogP contribution in [0.1, 0.15) is 65.2 Å². The van der Waals surface area contributed by atoms with Crippen molar-refractivity contribution in [3.05, 3.63) is 0 Å². The van der Waals surface area contributed by atoms with E-state index in [1.165, 1.54) is 0 Å². The van der Waals surface area contributed by atoms with Crippen LogP contribution in [0, 0.1) is 0 Å². The van der Waals surface area contributed by atoms with Gasteiger partial charge in [0.1, 0.15) is 24.4 Å². The lowest BCUT2D eigenvalue weighted by molar-refractivity contribution is -0.291. The average molecular weight is 362 g/mol. The van der Waals surface area contributed by atoms with Gasteiger partial charge in [-0.1, -0.05) is 52.4 Å². The summed E-state index contributed by atoms with van der Waals surface area (Å²) in [5.74, 6) is -0.682. The number of aliphatic hydroxyl groups is 4. The highest BCUT2D eigenvalue weighted by Crippen LogP contribution is 2.24. The zero-order valence-electron chi connectivity index (χ0n) is 15.3. The van der Waals surface area contributed by atoms with E-state index in [-0.39, 0.29) is 6.42 Å². The molecule has 1 heterocycles. The van der Waals surface area contributed by atoms with Crippen molar-refractivity contribution >= 4 is 5.78 Å². The average Bonchev–Trinajstić information content (AvgIpc) is 2.61. The van der Waals surface area contributed by atoms with Gasteiger partial charge in [-0.25, -0.2) is 0 Å². The van der Waals surface area contributed by atoms with Crippen LogP contribution < -0.4 is 0 Å². The second-order valence-corrected chi connectivity index (χ2v) is 6.74. The van der Waals surface area contributed by atoms with Crippen LogP contribution >= 0.6 is 0 Å². The number of rotatable bonds is 12. The van der Waals surface area contributed by atoms with Crippen LogP contribution in [0.3, 0.4) is 0 Å². The van der Waals surface area contributed by atoms with Crippen molar-refractivity contribution < 1.29 is 34.7 Å². The molecule has 7 heteroatoms. The minimum Gasteiger partial charge on any atom is -0.387 e. The largest absolute Gasteiger partial charge is 0.387 e. The van der Waals surface area contributed by atoms with Crippen molar-refractivity contribution in [2.24, 2.45) is 0 Å². The first-order chi connectivity index (χ1) is 11.9. The van der Waals surface area contributed by atoms with E-state index >= 15 is 0 Å². The number of ether oxygens (including phenoxy) is 2. The van der Waals surface area contributed by atoms with Crippen LogP contribution in [-0.4, -0.2) is 69.6 Å². The molecule has 0 spiro atoms. The van der Waals surface area contributed by atoms with Crippen LogP contribution in [-0.2, 0) is 14.3 Å². The predicted molar refractivity (Wildman–Crippen MR) is 91.9 cm³/mol. The van der Waals surface area contributed by atoms with Gasteiger partial charge in [0.25, 0.3) is 0 Å². The van der Waals surface area contributed by atoms with Crippen molar-refractivity contribution in [1.82, 2.24) is 0 Å². The Bertz CT molecular complexity index is 376. The van der Waals surface area contributed by atoms with Gasteiger partial charge in [0.05, 0.1) is 0 Å². The van der Waals surface area contributed by atoms with E-state index in [1.54, 1.807) is 0 Å². The molecule has 0 bridgehead atoms. The molecule has 0 amide bonds. The molecule has 0 aliphatic carbocycles. The molecule has 4 N–H and O–H groups in total. The first-order valence-corrected chi connectivity index (χ1v) is 9.47. The summed E-state index contributed by atoms with van der Waals surface area (Å²) in [6, 6.07) is 0. The van der Waals surface area contributed by atoms with Crippen LogP contribution in [0.2, 0.25) is 0 Å². The lowest BCUT2D eigenvalue weighted by Crippen LogP contribution is -2.61. The highest BCUT2D eigenvalue weighted by molar-refractivity contribution is 5.88. The maximum atomic E-state index is 12.4. The molecule has 7 nitrogen and oxygen atoms in total. The van der Waals surface area contributed by atoms with Gasteiger partial charge < -0.3 is 29.9 Å². The van der Waals surface area contributed by atoms with Crippen LogP contribution in [0.25, 0.3) is 0 Å². The summed E-state index contributed by atoms with van der Waals surface area (Å²) in [6.07, 6.45) is -1.64. The van der Waals surface area contributed by atoms with E-state index in [0.717, 1.165) is 38.5 Å². The maximum Gasteiger partial charge on any atom is 0.192 e. The molecule has 1 saturated heterocycles. The number of hydrogen-bond donors (Lipinski definition) is 4. The maximum absolute atomic E-state index is 12.4. The molecule has 0 aromatic carbocycles. The van der Waals surface area contributed by atoms with Gasteiger partial charge in [-0.15, -0.1) is 0 Å². The molecule has 148 valence electrons. The third-order valence-corrected chi connectivity index (χ3v) is 4.54. The Kier molecular flexibility index (Phi) is 10.7. The fourth-order valence-electron chi connectivity index (χ4n) is 2.84. The fourth-order valence-corrected chi connectivity index (χ4v) is 2.84. The molecule has 0 aromatic heterocycles. The first-order valence-electron chi connectivity index (χ1n) is 9.47. The van der Waals surface area contributed by atoms with Crippen LogP contribution in [0.4, 0.5) is 0 Å². The third-order valence-electron chi connectivity index (χ3n) is 4.54. The second-order valence-electron chi connectivity index (χ2n) is 6.74. The minimum atomic E-state index is -1.59. The minimum absolute atomic E-state index is 0.287. The SMILES string of the molecule is CCCCCCCC(O)C(=O)[C@H]1OC(OCCCC)[C@H](O)[C@@H](O)[C@@H]1O. The molecule has 1 fully saturated rings. The summed E-state index contributed by atoms with van der Waals surface area (Å²) in [7, 11) is 0. The lowest BCUT2D eigenvalue weighted by atomic mass is 9.92. The Hall–Kier alpha value is -0.570. The number of hydrogen-bond acceptors (Lipinski definition) is 7. The highest BCUT2D eigenvalue weighted by Gasteiger charge is 2.48. The van der Waals surface area contributed by atoms with Crippen molar-refractivity contribution in [1.29, 1.82) is 0 Å². The molecule has 6 atom stereocenters.